The molecule has 0 saturated heterocycles. The van der Waals surface area contributed by atoms with E-state index < -0.39 is 23.2 Å². The maximum absolute atomic E-state index is 13.8. The molecule has 20 aromatic rings. The molecule has 135 heavy (non-hydrogen) atoms. The van der Waals surface area contributed by atoms with Gasteiger partial charge < -0.3 is 26.4 Å². The third-order valence-electron chi connectivity index (χ3n) is 23.1. The summed E-state index contributed by atoms with van der Waals surface area (Å²) in [5.41, 5.74) is 26.5. The van der Waals surface area contributed by atoms with E-state index in [2.05, 4.69) is 52.8 Å². The summed E-state index contributed by atoms with van der Waals surface area (Å²) >= 11 is 6.40. The van der Waals surface area contributed by atoms with Crippen LogP contribution in [-0.4, -0.2) is 76.2 Å². The number of hydrogen-bond acceptors (Lipinski definition) is 11. The summed E-state index contributed by atoms with van der Waals surface area (Å²) < 4.78 is 63.1. The number of pyridine rings is 6. The smallest absolute Gasteiger partial charge is 0.390 e. The van der Waals surface area contributed by atoms with Gasteiger partial charge in [0.15, 0.2) is 0 Å². The molecule has 5 N–H and O–H groups in total. The Labute approximate surface area is 779 Å². The first-order valence-electron chi connectivity index (χ1n) is 43.3. The number of imidazole rings is 4. The number of aryl methyl sites for hydroxylation is 7. The number of alkyl halides is 3. The molecule has 24 heteroatoms. The topological polar surface area (TPSA) is 232 Å². The number of halogens is 5. The first-order chi connectivity index (χ1) is 65.4. The zero-order valence-electron chi connectivity index (χ0n) is 74.2. The second-order valence-electron chi connectivity index (χ2n) is 32.5. The van der Waals surface area contributed by atoms with Crippen molar-refractivity contribution >= 4 is 80.6 Å². The molecule has 10 aromatic heterocycles. The monoisotopic (exact) mass is 1810 g/mol. The van der Waals surface area contributed by atoms with Crippen LogP contribution in [0.15, 0.2) is 359 Å². The number of aliphatic hydroxyl groups is 1. The van der Waals surface area contributed by atoms with E-state index in [1.165, 1.54) is 24.3 Å². The van der Waals surface area contributed by atoms with Gasteiger partial charge >= 0.3 is 6.18 Å². The van der Waals surface area contributed by atoms with Gasteiger partial charge in [-0.3, -0.25) is 46.7 Å². The van der Waals surface area contributed by atoms with Crippen molar-refractivity contribution in [2.45, 2.75) is 61.2 Å². The number of fused-ring (bicyclic) bond motifs is 4. The van der Waals surface area contributed by atoms with Gasteiger partial charge in [-0.25, -0.2) is 24.3 Å². The zero-order chi connectivity index (χ0) is 94.1. The lowest BCUT2D eigenvalue weighted by Gasteiger charge is -2.15. The Morgan fingerprint density at radius 1 is 0.348 bits per heavy atom. The van der Waals surface area contributed by atoms with Crippen molar-refractivity contribution in [1.29, 1.82) is 0 Å². The Kier molecular flexibility index (Phi) is 26.3. The van der Waals surface area contributed by atoms with Gasteiger partial charge in [0.05, 0.1) is 74.9 Å². The van der Waals surface area contributed by atoms with Crippen molar-refractivity contribution in [2.24, 2.45) is 0 Å². The number of nitrogens with one attached hydrogen (secondary N) is 4. The number of benzene rings is 10. The average molecular weight is 1810 g/mol. The quantitative estimate of drug-likeness (QED) is 0.0538. The minimum absolute atomic E-state index is 0.117. The van der Waals surface area contributed by atoms with E-state index in [9.17, 15) is 41.8 Å². The van der Waals surface area contributed by atoms with Gasteiger partial charge in [-0.15, -0.1) is 0 Å². The number of rotatable bonds is 17. The van der Waals surface area contributed by atoms with Crippen LogP contribution in [0.4, 0.5) is 40.3 Å². The van der Waals surface area contributed by atoms with E-state index in [1.54, 1.807) is 85.6 Å². The molecule has 4 amide bonds. The predicted molar refractivity (Wildman–Crippen MR) is 526 cm³/mol. The molecular weight excluding hydrogens is 1720 g/mol. The van der Waals surface area contributed by atoms with Crippen LogP contribution in [0.5, 0.6) is 0 Å². The number of nitrogens with zero attached hydrogens (tertiary/aromatic N) is 10. The molecule has 0 saturated carbocycles. The molecule has 20 rings (SSSR count). The second-order valence-corrected chi connectivity index (χ2v) is 32.9. The van der Waals surface area contributed by atoms with Gasteiger partial charge in [0, 0.05) is 128 Å². The van der Waals surface area contributed by atoms with Gasteiger partial charge in [0.25, 0.3) is 23.6 Å². The third-order valence-corrected chi connectivity index (χ3v) is 23.4. The molecule has 0 radical (unpaired) electrons. The van der Waals surface area contributed by atoms with E-state index >= 15 is 0 Å². The standard InChI is InChI=1S/C28H21F3N4O.C28H22FN3O.C28H23N3O.C27H21ClN4O2/c1-17-7-10-21(11-8-17)34-27(36)23-15-19(9-12-24(23)28(29,30)31)22-6-4-14-35-25(18(2)33-26(22)35)20-5-3-13-32-16-20;1-18-8-12-23(13-9-18)31-28(33)25-16-20(11-10-19(25)2)24-7-4-14-32-26(17-30-27(24)32)21-5-3-6-22(29)15-21;1-19-10-14-23(15-11-19)30-28(32)25-17-22(13-12-20(25)2)24-9-6-16-31-26(18-29-27(24)31)21-7-4-3-5-8-21;1-17-6-9-20(10-7-17)30-27(34)22-14-18(8-11-23(22)28)21-5-3-13-32-25(19-4-2-12-29-15-19)24(16-33)31-26(21)32/h3-16H,1-2H3,(H,34,36);3-17H,1-2H3,(H,31,33);3-18H,1-2H3,(H,30,32);2-15,33H,16H2,1H3,(H,30,34). The van der Waals surface area contributed by atoms with Crippen molar-refractivity contribution < 1.29 is 41.8 Å². The molecule has 666 valence electrons. The number of carbonyl (C=O) groups is 4. The average Bonchev–Trinajstić information content (AvgIpc) is 1.63. The predicted octanol–water partition coefficient (Wildman–Crippen LogP) is 25.9. The van der Waals surface area contributed by atoms with Crippen molar-refractivity contribution in [3.05, 3.63) is 443 Å². The SMILES string of the molecule is Cc1ccc(NC(=O)c2cc(-c3cccn4c(-c5cccc(F)c5)cnc34)ccc2C)cc1.Cc1ccc(NC(=O)c2cc(-c3cccn4c(-c5ccccc5)cnc34)ccc2C)cc1.Cc1ccc(NC(=O)c2cc(-c3cccn4c(-c5cccnc5)c(C)nc34)ccc2C(F)(F)F)cc1.Cc1ccc(NC(=O)c2cc(-c3cccn4c(-c5cccnc5)c(CO)nc34)ccc2Cl)cc1. The number of carbonyl (C=O) groups excluding carboxylic acids is 4. The van der Waals surface area contributed by atoms with Gasteiger partial charge in [0.1, 0.15) is 28.4 Å². The molecule has 19 nitrogen and oxygen atoms in total. The summed E-state index contributed by atoms with van der Waals surface area (Å²) in [6.07, 6.45) is 13.5. The molecule has 10 aromatic carbocycles. The Morgan fingerprint density at radius 3 is 1.17 bits per heavy atom. The summed E-state index contributed by atoms with van der Waals surface area (Å²) in [6.45, 7) is 13.4. The molecule has 0 atom stereocenters. The van der Waals surface area contributed by atoms with Crippen molar-refractivity contribution in [1.82, 2.24) is 47.5 Å². The highest BCUT2D eigenvalue weighted by Gasteiger charge is 2.36. The number of amides is 4. The van der Waals surface area contributed by atoms with Crippen LogP contribution in [0.1, 0.15) is 91.8 Å². The maximum Gasteiger partial charge on any atom is 0.417 e. The van der Waals surface area contributed by atoms with Crippen LogP contribution >= 0.6 is 11.6 Å². The van der Waals surface area contributed by atoms with Gasteiger partial charge in [-0.1, -0.05) is 161 Å². The van der Waals surface area contributed by atoms with Crippen molar-refractivity contribution in [2.75, 3.05) is 21.3 Å². The van der Waals surface area contributed by atoms with Crippen LogP contribution < -0.4 is 21.3 Å². The molecule has 0 aliphatic heterocycles. The molecule has 0 bridgehead atoms. The van der Waals surface area contributed by atoms with E-state index in [0.29, 0.717) is 61.2 Å². The fraction of sp³-hybridized carbons (Fsp3) is 0.0811. The van der Waals surface area contributed by atoms with E-state index in [4.69, 9.17) is 26.6 Å². The first-order valence-corrected chi connectivity index (χ1v) is 43.6. The normalized spacial score (nSPS) is 11.1. The Morgan fingerprint density at radius 2 is 0.726 bits per heavy atom. The Balaban J connectivity index is 0.000000125. The highest BCUT2D eigenvalue weighted by molar-refractivity contribution is 6.34. The van der Waals surface area contributed by atoms with Gasteiger partial charge in [-0.2, -0.15) is 13.2 Å². The molecule has 10 heterocycles. The molecule has 0 unspecified atom stereocenters. The fourth-order valence-electron chi connectivity index (χ4n) is 16.1. The molecule has 0 aliphatic carbocycles. The van der Waals surface area contributed by atoms with Crippen LogP contribution in [0.25, 0.3) is 112 Å². The minimum atomic E-state index is -4.69. The lowest BCUT2D eigenvalue weighted by atomic mass is 9.98. The lowest BCUT2D eigenvalue weighted by molar-refractivity contribution is -0.137. The van der Waals surface area contributed by atoms with Gasteiger partial charge in [-0.05, 0) is 252 Å². The van der Waals surface area contributed by atoms with Crippen LogP contribution in [-0.2, 0) is 12.8 Å². The highest BCUT2D eigenvalue weighted by atomic mass is 35.5. The fourth-order valence-corrected chi connectivity index (χ4v) is 16.3. The number of aromatic nitrogens is 10. The third kappa shape index (κ3) is 19.9. The largest absolute Gasteiger partial charge is 0.417 e. The molecular formula is C111H87ClF4N14O5. The van der Waals surface area contributed by atoms with E-state index in [-0.39, 0.29) is 30.1 Å². The van der Waals surface area contributed by atoms with Crippen LogP contribution in [0.3, 0.4) is 0 Å². The molecule has 0 aliphatic rings. The summed E-state index contributed by atoms with van der Waals surface area (Å²) in [5, 5.41) is 21.8. The first kappa shape index (κ1) is 90.1. The lowest BCUT2D eigenvalue weighted by Crippen LogP contribution is -2.19. The number of hydrogen-bond donors (Lipinski definition) is 5. The minimum Gasteiger partial charge on any atom is -0.390 e. The summed E-state index contributed by atoms with van der Waals surface area (Å²) in [7, 11) is 0. The number of aliphatic hydroxyl groups excluding tert-OH is 1. The second kappa shape index (κ2) is 39.4. The van der Waals surface area contributed by atoms with Crippen LogP contribution in [0.2, 0.25) is 5.02 Å². The van der Waals surface area contributed by atoms with Crippen LogP contribution in [0, 0.1) is 54.3 Å². The summed E-state index contributed by atoms with van der Waals surface area (Å²) in [6, 6.07) is 90.3. The van der Waals surface area contributed by atoms with E-state index in [1.807, 2.05) is 293 Å². The highest BCUT2D eigenvalue weighted by Crippen LogP contribution is 2.40. The number of anilines is 4. The zero-order valence-corrected chi connectivity index (χ0v) is 75.0. The Bertz CT molecular complexity index is 7820. The Hall–Kier alpha value is -16.9. The van der Waals surface area contributed by atoms with Crippen molar-refractivity contribution in [3.63, 3.8) is 0 Å². The van der Waals surface area contributed by atoms with E-state index in [0.717, 1.165) is 146 Å². The molecule has 0 fully saturated rings. The summed E-state index contributed by atoms with van der Waals surface area (Å²) in [5.74, 6) is -1.70. The van der Waals surface area contributed by atoms with Gasteiger partial charge in [0.2, 0.25) is 0 Å². The summed E-state index contributed by atoms with van der Waals surface area (Å²) in [4.78, 5) is 79.2. The van der Waals surface area contributed by atoms with Crippen molar-refractivity contribution in [3.8, 4) is 89.5 Å². The maximum atomic E-state index is 13.8. The molecule has 0 spiro atoms.